The number of hydrogen-bond acceptors (Lipinski definition) is 3. The highest BCUT2D eigenvalue weighted by Crippen LogP contribution is 2.41. The van der Waals surface area contributed by atoms with Crippen molar-refractivity contribution in [3.05, 3.63) is 25.3 Å². The lowest BCUT2D eigenvalue weighted by Crippen LogP contribution is -2.36. The number of ether oxygens (including phenoxy) is 2. The van der Waals surface area contributed by atoms with E-state index < -0.39 is 0 Å². The van der Waals surface area contributed by atoms with Crippen molar-refractivity contribution in [2.24, 2.45) is 11.8 Å². The van der Waals surface area contributed by atoms with Gasteiger partial charge in [-0.1, -0.05) is 12.7 Å². The lowest BCUT2D eigenvalue weighted by atomic mass is 9.76. The molecule has 1 unspecified atom stereocenters. The maximum Gasteiger partial charge on any atom is 0.168 e. The fraction of sp³-hybridized carbons (Fsp3) is 0.667. The molecule has 0 amide bonds. The van der Waals surface area contributed by atoms with Crippen molar-refractivity contribution >= 4 is 5.78 Å². The first-order valence-corrected chi connectivity index (χ1v) is 6.75. The Morgan fingerprint density at radius 1 is 1.28 bits per heavy atom. The van der Waals surface area contributed by atoms with Gasteiger partial charge in [-0.25, -0.2) is 0 Å². The average molecular weight is 250 g/mol. The molecule has 1 heterocycles. The van der Waals surface area contributed by atoms with E-state index >= 15 is 0 Å². The maximum absolute atomic E-state index is 11.5. The molecule has 1 saturated carbocycles. The molecule has 0 radical (unpaired) electrons. The van der Waals surface area contributed by atoms with Crippen LogP contribution in [-0.2, 0) is 14.3 Å². The number of rotatable bonds is 5. The molecule has 2 aliphatic rings. The first kappa shape index (κ1) is 13.5. The molecule has 0 N–H and O–H groups in total. The van der Waals surface area contributed by atoms with Crippen LogP contribution in [0.5, 0.6) is 0 Å². The Kier molecular flexibility index (Phi) is 4.36. The molecule has 3 heteroatoms. The van der Waals surface area contributed by atoms with Crippen LogP contribution in [0.1, 0.15) is 32.1 Å². The predicted octanol–water partition coefficient (Wildman–Crippen LogP) is 2.87. The standard InChI is InChI=1S/C15H22O3/c1-3-12(11-14(16)4-2)13-5-7-15(8-6-13)17-9-10-18-15/h3-4,12-13H,1-2,5-11H2. The first-order valence-electron chi connectivity index (χ1n) is 6.75. The van der Waals surface area contributed by atoms with Gasteiger partial charge in [0.1, 0.15) is 0 Å². The lowest BCUT2D eigenvalue weighted by Gasteiger charge is -2.37. The zero-order chi connectivity index (χ0) is 13.0. The van der Waals surface area contributed by atoms with E-state index in [1.807, 2.05) is 6.08 Å². The van der Waals surface area contributed by atoms with Crippen molar-refractivity contribution in [1.82, 2.24) is 0 Å². The molecule has 0 aromatic carbocycles. The molecule has 18 heavy (non-hydrogen) atoms. The van der Waals surface area contributed by atoms with E-state index in [1.165, 1.54) is 6.08 Å². The molecule has 100 valence electrons. The molecule has 0 aromatic rings. The first-order chi connectivity index (χ1) is 8.69. The maximum atomic E-state index is 11.5. The van der Waals surface area contributed by atoms with Gasteiger partial charge in [-0.2, -0.15) is 0 Å². The quantitative estimate of drug-likeness (QED) is 0.556. The molecule has 1 aliphatic heterocycles. The van der Waals surface area contributed by atoms with Gasteiger partial charge in [0.05, 0.1) is 13.2 Å². The Morgan fingerprint density at radius 3 is 2.39 bits per heavy atom. The van der Waals surface area contributed by atoms with E-state index in [2.05, 4.69) is 13.2 Å². The van der Waals surface area contributed by atoms with Gasteiger partial charge in [0, 0.05) is 19.3 Å². The lowest BCUT2D eigenvalue weighted by molar-refractivity contribution is -0.184. The topological polar surface area (TPSA) is 35.5 Å². The number of hydrogen-bond donors (Lipinski definition) is 0. The molecule has 0 aromatic heterocycles. The van der Waals surface area contributed by atoms with Gasteiger partial charge in [-0.15, -0.1) is 6.58 Å². The smallest absolute Gasteiger partial charge is 0.168 e. The van der Waals surface area contributed by atoms with Crippen LogP contribution in [-0.4, -0.2) is 24.8 Å². The fourth-order valence-electron chi connectivity index (χ4n) is 3.05. The summed E-state index contributed by atoms with van der Waals surface area (Å²) in [7, 11) is 0. The highest BCUT2D eigenvalue weighted by atomic mass is 16.7. The minimum atomic E-state index is -0.315. The molecule has 1 spiro atoms. The summed E-state index contributed by atoms with van der Waals surface area (Å²) in [4.78, 5) is 11.5. The summed E-state index contributed by atoms with van der Waals surface area (Å²) in [5, 5.41) is 0. The van der Waals surface area contributed by atoms with Crippen LogP contribution in [0.4, 0.5) is 0 Å². The Labute approximate surface area is 109 Å². The number of allylic oxidation sites excluding steroid dienone is 2. The summed E-state index contributed by atoms with van der Waals surface area (Å²) in [6.07, 6.45) is 7.81. The van der Waals surface area contributed by atoms with Crippen LogP contribution in [0.3, 0.4) is 0 Å². The largest absolute Gasteiger partial charge is 0.348 e. The van der Waals surface area contributed by atoms with Crippen molar-refractivity contribution in [2.75, 3.05) is 13.2 Å². The zero-order valence-electron chi connectivity index (χ0n) is 10.9. The minimum absolute atomic E-state index is 0.105. The normalized spacial score (nSPS) is 24.9. The van der Waals surface area contributed by atoms with Gasteiger partial charge in [0.15, 0.2) is 11.6 Å². The molecule has 1 saturated heterocycles. The Bertz CT molecular complexity index is 319. The van der Waals surface area contributed by atoms with E-state index in [0.717, 1.165) is 25.7 Å². The average Bonchev–Trinajstić information content (AvgIpc) is 2.85. The van der Waals surface area contributed by atoms with Crippen molar-refractivity contribution in [2.45, 2.75) is 37.9 Å². The number of carbonyl (C=O) groups excluding carboxylic acids is 1. The third kappa shape index (κ3) is 2.90. The predicted molar refractivity (Wildman–Crippen MR) is 70.1 cm³/mol. The molecular weight excluding hydrogens is 228 g/mol. The summed E-state index contributed by atoms with van der Waals surface area (Å²) < 4.78 is 11.4. The number of carbonyl (C=O) groups is 1. The molecule has 1 atom stereocenters. The molecule has 1 aliphatic carbocycles. The monoisotopic (exact) mass is 250 g/mol. The van der Waals surface area contributed by atoms with E-state index in [4.69, 9.17) is 9.47 Å². The summed E-state index contributed by atoms with van der Waals surface area (Å²) >= 11 is 0. The van der Waals surface area contributed by atoms with Crippen LogP contribution < -0.4 is 0 Å². The van der Waals surface area contributed by atoms with E-state index in [1.54, 1.807) is 0 Å². The molecule has 3 nitrogen and oxygen atoms in total. The third-order valence-corrected chi connectivity index (χ3v) is 4.18. The second kappa shape index (κ2) is 5.81. The van der Waals surface area contributed by atoms with Gasteiger partial charge in [-0.3, -0.25) is 4.79 Å². The molecule has 0 bridgehead atoms. The van der Waals surface area contributed by atoms with Crippen molar-refractivity contribution in [3.8, 4) is 0 Å². The molecular formula is C15H22O3. The van der Waals surface area contributed by atoms with E-state index in [9.17, 15) is 4.79 Å². The van der Waals surface area contributed by atoms with E-state index in [0.29, 0.717) is 25.6 Å². The Balaban J connectivity index is 1.88. The highest BCUT2D eigenvalue weighted by Gasteiger charge is 2.41. The van der Waals surface area contributed by atoms with Crippen LogP contribution in [0, 0.1) is 11.8 Å². The van der Waals surface area contributed by atoms with Gasteiger partial charge in [-0.05, 0) is 30.8 Å². The third-order valence-electron chi connectivity index (χ3n) is 4.18. The SMILES string of the molecule is C=CC(=O)CC(C=C)C1CCC2(CC1)OCCO2. The van der Waals surface area contributed by atoms with Crippen molar-refractivity contribution in [3.63, 3.8) is 0 Å². The Morgan fingerprint density at radius 2 is 1.89 bits per heavy atom. The van der Waals surface area contributed by atoms with Crippen LogP contribution in [0.25, 0.3) is 0 Å². The van der Waals surface area contributed by atoms with E-state index in [-0.39, 0.29) is 17.5 Å². The van der Waals surface area contributed by atoms with Gasteiger partial charge >= 0.3 is 0 Å². The van der Waals surface area contributed by atoms with Crippen molar-refractivity contribution in [1.29, 1.82) is 0 Å². The molecule has 2 fully saturated rings. The highest BCUT2D eigenvalue weighted by molar-refractivity contribution is 5.89. The second-order valence-corrected chi connectivity index (χ2v) is 5.22. The van der Waals surface area contributed by atoms with Crippen LogP contribution in [0.15, 0.2) is 25.3 Å². The van der Waals surface area contributed by atoms with Crippen LogP contribution >= 0.6 is 0 Å². The second-order valence-electron chi connectivity index (χ2n) is 5.22. The zero-order valence-corrected chi connectivity index (χ0v) is 10.9. The van der Waals surface area contributed by atoms with Gasteiger partial charge in [0.2, 0.25) is 0 Å². The van der Waals surface area contributed by atoms with Crippen LogP contribution in [0.2, 0.25) is 0 Å². The minimum Gasteiger partial charge on any atom is -0.348 e. The van der Waals surface area contributed by atoms with Crippen molar-refractivity contribution < 1.29 is 14.3 Å². The molecule has 2 rings (SSSR count). The van der Waals surface area contributed by atoms with Gasteiger partial charge < -0.3 is 9.47 Å². The number of ketones is 1. The summed E-state index contributed by atoms with van der Waals surface area (Å²) in [5.41, 5.74) is 0. The van der Waals surface area contributed by atoms with Gasteiger partial charge in [0.25, 0.3) is 0 Å². The summed E-state index contributed by atoms with van der Waals surface area (Å²) in [5.74, 6) is 0.567. The summed E-state index contributed by atoms with van der Waals surface area (Å²) in [6.45, 7) is 8.82. The Hall–Kier alpha value is -0.930. The fourth-order valence-corrected chi connectivity index (χ4v) is 3.05. The summed E-state index contributed by atoms with van der Waals surface area (Å²) in [6, 6.07) is 0.